The van der Waals surface area contributed by atoms with Crippen LogP contribution in [0.15, 0.2) is 0 Å². The summed E-state index contributed by atoms with van der Waals surface area (Å²) in [6, 6.07) is 0. The van der Waals surface area contributed by atoms with E-state index < -0.39 is 6.10 Å². The standard InChI is InChI=1S/C13H27NO4/c1-11(2)18-10-12(16)9-14-5-3-13(4-6-14)17-8-7-15/h11-13,15-16H,3-10H2,1-2H3. The molecule has 0 aromatic heterocycles. The van der Waals surface area contributed by atoms with Gasteiger partial charge in [-0.2, -0.15) is 0 Å². The van der Waals surface area contributed by atoms with Crippen LogP contribution in [0.2, 0.25) is 0 Å². The molecular formula is C13H27NO4. The molecule has 1 aliphatic heterocycles. The average molecular weight is 261 g/mol. The molecule has 1 atom stereocenters. The Morgan fingerprint density at radius 3 is 2.50 bits per heavy atom. The second-order valence-electron chi connectivity index (χ2n) is 5.13. The van der Waals surface area contributed by atoms with Crippen molar-refractivity contribution in [3.05, 3.63) is 0 Å². The average Bonchev–Trinajstić information content (AvgIpc) is 2.35. The largest absolute Gasteiger partial charge is 0.394 e. The highest BCUT2D eigenvalue weighted by molar-refractivity contribution is 4.74. The maximum Gasteiger partial charge on any atom is 0.0900 e. The Labute approximate surface area is 110 Å². The summed E-state index contributed by atoms with van der Waals surface area (Å²) >= 11 is 0. The van der Waals surface area contributed by atoms with Crippen LogP contribution in [0.25, 0.3) is 0 Å². The van der Waals surface area contributed by atoms with E-state index in [2.05, 4.69) is 4.90 Å². The Balaban J connectivity index is 2.11. The lowest BCUT2D eigenvalue weighted by Crippen LogP contribution is -2.42. The molecule has 0 saturated carbocycles. The minimum atomic E-state index is -0.415. The van der Waals surface area contributed by atoms with Gasteiger partial charge in [0.1, 0.15) is 0 Å². The fourth-order valence-corrected chi connectivity index (χ4v) is 2.13. The third-order valence-electron chi connectivity index (χ3n) is 3.07. The summed E-state index contributed by atoms with van der Waals surface area (Å²) in [5.74, 6) is 0. The van der Waals surface area contributed by atoms with Crippen molar-refractivity contribution in [2.45, 2.75) is 45.0 Å². The third-order valence-corrected chi connectivity index (χ3v) is 3.07. The highest BCUT2D eigenvalue weighted by Gasteiger charge is 2.21. The van der Waals surface area contributed by atoms with Crippen molar-refractivity contribution in [3.8, 4) is 0 Å². The van der Waals surface area contributed by atoms with E-state index in [0.29, 0.717) is 19.8 Å². The van der Waals surface area contributed by atoms with Gasteiger partial charge in [-0.25, -0.2) is 0 Å². The van der Waals surface area contributed by atoms with E-state index in [0.717, 1.165) is 25.9 Å². The van der Waals surface area contributed by atoms with Crippen LogP contribution >= 0.6 is 0 Å². The molecule has 0 aromatic rings. The van der Waals surface area contributed by atoms with Crippen LogP contribution in [-0.2, 0) is 9.47 Å². The van der Waals surface area contributed by atoms with Gasteiger partial charge < -0.3 is 24.6 Å². The zero-order chi connectivity index (χ0) is 13.4. The molecule has 0 radical (unpaired) electrons. The summed E-state index contributed by atoms with van der Waals surface area (Å²) in [6.45, 7) is 7.40. The minimum absolute atomic E-state index is 0.0888. The number of hydrogen-bond acceptors (Lipinski definition) is 5. The van der Waals surface area contributed by atoms with Crippen LogP contribution < -0.4 is 0 Å². The van der Waals surface area contributed by atoms with Crippen LogP contribution in [0.3, 0.4) is 0 Å². The monoisotopic (exact) mass is 261 g/mol. The molecular weight excluding hydrogens is 234 g/mol. The van der Waals surface area contributed by atoms with Crippen LogP contribution in [0.4, 0.5) is 0 Å². The normalized spacial score (nSPS) is 20.5. The Hall–Kier alpha value is -0.200. The van der Waals surface area contributed by atoms with Gasteiger partial charge in [-0.1, -0.05) is 0 Å². The van der Waals surface area contributed by atoms with Gasteiger partial charge in [0.25, 0.3) is 0 Å². The van der Waals surface area contributed by atoms with Crippen molar-refractivity contribution in [1.82, 2.24) is 4.90 Å². The highest BCUT2D eigenvalue weighted by atomic mass is 16.5. The molecule has 1 fully saturated rings. The topological polar surface area (TPSA) is 62.2 Å². The number of aliphatic hydroxyl groups excluding tert-OH is 2. The molecule has 2 N–H and O–H groups in total. The Morgan fingerprint density at radius 2 is 1.94 bits per heavy atom. The van der Waals surface area contributed by atoms with Gasteiger partial charge in [0, 0.05) is 19.6 Å². The molecule has 1 saturated heterocycles. The quantitative estimate of drug-likeness (QED) is 0.655. The third kappa shape index (κ3) is 6.66. The van der Waals surface area contributed by atoms with Gasteiger partial charge in [-0.3, -0.25) is 0 Å². The maximum atomic E-state index is 9.83. The van der Waals surface area contributed by atoms with E-state index in [-0.39, 0.29) is 18.8 Å². The summed E-state index contributed by atoms with van der Waals surface area (Å²) in [5.41, 5.74) is 0. The number of likely N-dealkylation sites (tertiary alicyclic amines) is 1. The number of β-amino-alcohol motifs (C(OH)–C–C–N with tert-alkyl or cyclic N) is 1. The molecule has 0 spiro atoms. The number of rotatable bonds is 8. The Kier molecular flexibility index (Phi) is 7.77. The first-order valence-electron chi connectivity index (χ1n) is 6.86. The van der Waals surface area contributed by atoms with E-state index >= 15 is 0 Å². The second kappa shape index (κ2) is 8.82. The lowest BCUT2D eigenvalue weighted by atomic mass is 10.1. The predicted molar refractivity (Wildman–Crippen MR) is 69.6 cm³/mol. The van der Waals surface area contributed by atoms with Crippen molar-refractivity contribution >= 4 is 0 Å². The summed E-state index contributed by atoms with van der Waals surface area (Å²) in [5, 5.41) is 18.5. The van der Waals surface area contributed by atoms with Gasteiger partial charge in [0.2, 0.25) is 0 Å². The van der Waals surface area contributed by atoms with Gasteiger partial charge in [0.15, 0.2) is 0 Å². The van der Waals surface area contributed by atoms with Crippen molar-refractivity contribution in [2.75, 3.05) is 39.5 Å². The van der Waals surface area contributed by atoms with Crippen LogP contribution in [0.5, 0.6) is 0 Å². The van der Waals surface area contributed by atoms with Crippen molar-refractivity contribution in [2.24, 2.45) is 0 Å². The molecule has 0 bridgehead atoms. The summed E-state index contributed by atoms with van der Waals surface area (Å²) < 4.78 is 10.9. The molecule has 1 unspecified atom stereocenters. The smallest absolute Gasteiger partial charge is 0.0900 e. The molecule has 5 heteroatoms. The lowest BCUT2D eigenvalue weighted by molar-refractivity contribution is -0.0328. The van der Waals surface area contributed by atoms with E-state index in [1.165, 1.54) is 0 Å². The van der Waals surface area contributed by atoms with Crippen molar-refractivity contribution < 1.29 is 19.7 Å². The van der Waals surface area contributed by atoms with Gasteiger partial charge in [-0.15, -0.1) is 0 Å². The minimum Gasteiger partial charge on any atom is -0.394 e. The molecule has 0 aromatic carbocycles. The number of nitrogens with zero attached hydrogens (tertiary/aromatic N) is 1. The van der Waals surface area contributed by atoms with E-state index in [1.807, 2.05) is 13.8 Å². The fourth-order valence-electron chi connectivity index (χ4n) is 2.13. The first-order valence-corrected chi connectivity index (χ1v) is 6.86. The zero-order valence-corrected chi connectivity index (χ0v) is 11.5. The molecule has 108 valence electrons. The van der Waals surface area contributed by atoms with E-state index in [4.69, 9.17) is 14.6 Å². The van der Waals surface area contributed by atoms with Crippen LogP contribution in [0, 0.1) is 0 Å². The van der Waals surface area contributed by atoms with E-state index in [9.17, 15) is 5.11 Å². The van der Waals surface area contributed by atoms with E-state index in [1.54, 1.807) is 0 Å². The number of ether oxygens (including phenoxy) is 2. The molecule has 1 aliphatic rings. The molecule has 1 rings (SSSR count). The number of piperidine rings is 1. The van der Waals surface area contributed by atoms with Crippen molar-refractivity contribution in [3.63, 3.8) is 0 Å². The summed E-state index contributed by atoms with van der Waals surface area (Å²) in [6.07, 6.45) is 1.95. The number of aliphatic hydroxyl groups is 2. The molecule has 0 aliphatic carbocycles. The van der Waals surface area contributed by atoms with Crippen molar-refractivity contribution in [1.29, 1.82) is 0 Å². The Bertz CT molecular complexity index is 205. The highest BCUT2D eigenvalue weighted by Crippen LogP contribution is 2.13. The van der Waals surface area contributed by atoms with Gasteiger partial charge in [0.05, 0.1) is 38.1 Å². The zero-order valence-electron chi connectivity index (χ0n) is 11.5. The molecule has 18 heavy (non-hydrogen) atoms. The Morgan fingerprint density at radius 1 is 1.28 bits per heavy atom. The fraction of sp³-hybridized carbons (Fsp3) is 1.00. The SMILES string of the molecule is CC(C)OCC(O)CN1CCC(OCCO)CC1. The lowest BCUT2D eigenvalue weighted by Gasteiger charge is -2.33. The van der Waals surface area contributed by atoms with Gasteiger partial charge in [-0.05, 0) is 26.7 Å². The number of hydrogen-bond donors (Lipinski definition) is 2. The van der Waals surface area contributed by atoms with Crippen LogP contribution in [-0.4, -0.2) is 72.9 Å². The first kappa shape index (κ1) is 15.9. The maximum absolute atomic E-state index is 9.83. The van der Waals surface area contributed by atoms with Gasteiger partial charge >= 0.3 is 0 Å². The molecule has 0 amide bonds. The molecule has 5 nitrogen and oxygen atoms in total. The molecule has 1 heterocycles. The second-order valence-corrected chi connectivity index (χ2v) is 5.13. The summed E-state index contributed by atoms with van der Waals surface area (Å²) in [4.78, 5) is 2.24. The predicted octanol–water partition coefficient (Wildman–Crippen LogP) is 0.246. The van der Waals surface area contributed by atoms with Crippen LogP contribution in [0.1, 0.15) is 26.7 Å². The first-order chi connectivity index (χ1) is 8.61. The summed E-state index contributed by atoms with van der Waals surface area (Å²) in [7, 11) is 0.